The highest BCUT2D eigenvalue weighted by Crippen LogP contribution is 2.49. The molecule has 3 atom stereocenters. The van der Waals surface area contributed by atoms with Gasteiger partial charge in [-0.2, -0.15) is 0 Å². The zero-order valence-electron chi connectivity index (χ0n) is 10.3. The number of hydrogen-bond acceptors (Lipinski definition) is 3. The summed E-state index contributed by atoms with van der Waals surface area (Å²) in [5.74, 6) is 0.193. The maximum absolute atomic E-state index is 12.1. The average Bonchev–Trinajstić information content (AvgIpc) is 2.77. The van der Waals surface area contributed by atoms with Gasteiger partial charge in [0.15, 0.2) is 14.6 Å². The molecule has 0 spiro atoms. The first kappa shape index (κ1) is 12.9. The number of fused-ring (bicyclic) bond motifs is 2. The van der Waals surface area contributed by atoms with Crippen molar-refractivity contribution in [3.8, 4) is 0 Å². The quantitative estimate of drug-likeness (QED) is 0.835. The van der Waals surface area contributed by atoms with Crippen molar-refractivity contribution in [2.24, 2.45) is 17.8 Å². The van der Waals surface area contributed by atoms with Gasteiger partial charge in [0.05, 0.1) is 5.75 Å². The summed E-state index contributed by atoms with van der Waals surface area (Å²) >= 11 is 0. The Balaban J connectivity index is 2.11. The van der Waals surface area contributed by atoms with Crippen molar-refractivity contribution in [1.29, 1.82) is 0 Å². The summed E-state index contributed by atoms with van der Waals surface area (Å²) in [6.07, 6.45) is 4.47. The predicted molar refractivity (Wildman–Crippen MR) is 64.4 cm³/mol. The summed E-state index contributed by atoms with van der Waals surface area (Å²) in [4.78, 5) is 11.0. The standard InChI is InChI=1S/C12H20O4S/c1-12(2,11(13)14)17(15,16)7-10-6-8-3-4-9(10)5-8/h8-10H,3-7H2,1-2H3,(H,13,14). The monoisotopic (exact) mass is 260 g/mol. The molecule has 17 heavy (non-hydrogen) atoms. The lowest BCUT2D eigenvalue weighted by Crippen LogP contribution is -2.43. The van der Waals surface area contributed by atoms with Crippen LogP contribution in [-0.4, -0.2) is 30.0 Å². The Morgan fingerprint density at radius 2 is 1.94 bits per heavy atom. The van der Waals surface area contributed by atoms with E-state index in [0.29, 0.717) is 11.8 Å². The van der Waals surface area contributed by atoms with Crippen LogP contribution in [0.4, 0.5) is 0 Å². The lowest BCUT2D eigenvalue weighted by atomic mass is 9.90. The molecule has 2 aliphatic rings. The molecule has 0 aromatic carbocycles. The number of rotatable bonds is 4. The van der Waals surface area contributed by atoms with Gasteiger partial charge in [-0.15, -0.1) is 0 Å². The molecule has 0 radical (unpaired) electrons. The third kappa shape index (κ3) is 2.09. The molecule has 0 aromatic heterocycles. The summed E-state index contributed by atoms with van der Waals surface area (Å²) in [5.41, 5.74) is 0. The van der Waals surface area contributed by atoms with E-state index in [-0.39, 0.29) is 11.7 Å². The molecule has 0 saturated heterocycles. The van der Waals surface area contributed by atoms with Crippen LogP contribution in [0.25, 0.3) is 0 Å². The van der Waals surface area contributed by atoms with Gasteiger partial charge in [-0.25, -0.2) is 8.42 Å². The SMILES string of the molecule is CC(C)(C(=O)O)S(=O)(=O)CC1CC2CCC1C2. The third-order valence-electron chi connectivity index (χ3n) is 4.61. The fourth-order valence-corrected chi connectivity index (χ4v) is 4.86. The second kappa shape index (κ2) is 3.97. The molecular weight excluding hydrogens is 240 g/mol. The number of sulfone groups is 1. The van der Waals surface area contributed by atoms with E-state index in [1.165, 1.54) is 20.3 Å². The molecule has 4 nitrogen and oxygen atoms in total. The smallest absolute Gasteiger partial charge is 0.324 e. The summed E-state index contributed by atoms with van der Waals surface area (Å²) in [6, 6.07) is 0. The largest absolute Gasteiger partial charge is 0.480 e. The van der Waals surface area contributed by atoms with E-state index in [2.05, 4.69) is 0 Å². The molecule has 0 heterocycles. The van der Waals surface area contributed by atoms with Crippen LogP contribution in [-0.2, 0) is 14.6 Å². The van der Waals surface area contributed by atoms with E-state index in [0.717, 1.165) is 19.3 Å². The first-order valence-corrected chi connectivity index (χ1v) is 7.85. The molecule has 3 unspecified atom stereocenters. The van der Waals surface area contributed by atoms with E-state index in [9.17, 15) is 13.2 Å². The molecule has 2 rings (SSSR count). The Kier molecular flexibility index (Phi) is 3.00. The summed E-state index contributed by atoms with van der Waals surface area (Å²) in [7, 11) is -3.56. The topological polar surface area (TPSA) is 71.4 Å². The van der Waals surface area contributed by atoms with Crippen LogP contribution in [0.1, 0.15) is 39.5 Å². The van der Waals surface area contributed by atoms with Crippen LogP contribution in [0.15, 0.2) is 0 Å². The molecular formula is C12H20O4S. The second-order valence-electron chi connectivity index (χ2n) is 6.03. The minimum atomic E-state index is -3.56. The Bertz CT molecular complexity index is 424. The fraction of sp³-hybridized carbons (Fsp3) is 0.917. The lowest BCUT2D eigenvalue weighted by molar-refractivity contribution is -0.139. The molecule has 0 aliphatic heterocycles. The highest BCUT2D eigenvalue weighted by Gasteiger charge is 2.47. The summed E-state index contributed by atoms with van der Waals surface area (Å²) in [6.45, 7) is 2.58. The summed E-state index contributed by atoms with van der Waals surface area (Å²) in [5, 5.41) is 9.00. The van der Waals surface area contributed by atoms with E-state index < -0.39 is 20.6 Å². The van der Waals surface area contributed by atoms with Crippen molar-refractivity contribution >= 4 is 15.8 Å². The van der Waals surface area contributed by atoms with Crippen LogP contribution in [0.5, 0.6) is 0 Å². The van der Waals surface area contributed by atoms with E-state index in [4.69, 9.17) is 5.11 Å². The number of carboxylic acid groups (broad SMARTS) is 1. The number of carbonyl (C=O) groups is 1. The van der Waals surface area contributed by atoms with Crippen molar-refractivity contribution in [3.05, 3.63) is 0 Å². The van der Waals surface area contributed by atoms with Crippen LogP contribution >= 0.6 is 0 Å². The van der Waals surface area contributed by atoms with Gasteiger partial charge in [0, 0.05) is 0 Å². The molecule has 0 aromatic rings. The van der Waals surface area contributed by atoms with Crippen LogP contribution in [0.2, 0.25) is 0 Å². The number of carboxylic acids is 1. The lowest BCUT2D eigenvalue weighted by Gasteiger charge is -2.26. The van der Waals surface area contributed by atoms with Gasteiger partial charge in [0.2, 0.25) is 0 Å². The zero-order valence-corrected chi connectivity index (χ0v) is 11.2. The van der Waals surface area contributed by atoms with Gasteiger partial charge >= 0.3 is 5.97 Å². The zero-order chi connectivity index (χ0) is 12.8. The first-order valence-electron chi connectivity index (χ1n) is 6.19. The Hall–Kier alpha value is -0.580. The van der Waals surface area contributed by atoms with Crippen LogP contribution in [0, 0.1) is 17.8 Å². The van der Waals surface area contributed by atoms with Crippen LogP contribution < -0.4 is 0 Å². The van der Waals surface area contributed by atoms with E-state index >= 15 is 0 Å². The van der Waals surface area contributed by atoms with Gasteiger partial charge in [0.1, 0.15) is 0 Å². The Morgan fingerprint density at radius 1 is 1.29 bits per heavy atom. The van der Waals surface area contributed by atoms with Crippen molar-refractivity contribution in [3.63, 3.8) is 0 Å². The maximum atomic E-state index is 12.1. The highest BCUT2D eigenvalue weighted by atomic mass is 32.2. The molecule has 2 fully saturated rings. The van der Waals surface area contributed by atoms with E-state index in [1.807, 2.05) is 0 Å². The van der Waals surface area contributed by atoms with Gasteiger partial charge in [-0.3, -0.25) is 4.79 Å². The first-order chi connectivity index (χ1) is 7.74. The summed E-state index contributed by atoms with van der Waals surface area (Å²) < 4.78 is 22.6. The predicted octanol–water partition coefficient (Wildman–Crippen LogP) is 1.70. The minimum Gasteiger partial charge on any atom is -0.480 e. The molecule has 2 saturated carbocycles. The molecule has 98 valence electrons. The Labute approximate surface area is 102 Å². The third-order valence-corrected chi connectivity index (χ3v) is 7.21. The highest BCUT2D eigenvalue weighted by molar-refractivity contribution is 7.93. The molecule has 2 aliphatic carbocycles. The van der Waals surface area contributed by atoms with Crippen molar-refractivity contribution in [2.45, 2.75) is 44.3 Å². The molecule has 5 heteroatoms. The fourth-order valence-electron chi connectivity index (χ4n) is 3.20. The molecule has 2 bridgehead atoms. The second-order valence-corrected chi connectivity index (χ2v) is 8.62. The van der Waals surface area contributed by atoms with Gasteiger partial charge in [-0.1, -0.05) is 6.42 Å². The number of aliphatic carboxylic acids is 1. The van der Waals surface area contributed by atoms with Gasteiger partial charge in [0.25, 0.3) is 0 Å². The molecule has 0 amide bonds. The average molecular weight is 260 g/mol. The van der Waals surface area contributed by atoms with Crippen LogP contribution in [0.3, 0.4) is 0 Å². The maximum Gasteiger partial charge on any atom is 0.324 e. The Morgan fingerprint density at radius 3 is 2.35 bits per heavy atom. The molecule has 1 N–H and O–H groups in total. The minimum absolute atomic E-state index is 0.0491. The van der Waals surface area contributed by atoms with Gasteiger partial charge in [-0.05, 0) is 50.9 Å². The van der Waals surface area contributed by atoms with Gasteiger partial charge < -0.3 is 5.11 Å². The van der Waals surface area contributed by atoms with Crippen molar-refractivity contribution in [1.82, 2.24) is 0 Å². The normalized spacial score (nSPS) is 32.9. The number of hydrogen-bond donors (Lipinski definition) is 1. The van der Waals surface area contributed by atoms with Crippen molar-refractivity contribution < 1.29 is 18.3 Å². The van der Waals surface area contributed by atoms with E-state index in [1.54, 1.807) is 0 Å². The van der Waals surface area contributed by atoms with Crippen molar-refractivity contribution in [2.75, 3.05) is 5.75 Å².